The normalized spacial score (nSPS) is 14.3. The van der Waals surface area contributed by atoms with Crippen LogP contribution in [0.1, 0.15) is 29.1 Å². The number of nitrogens with one attached hydrogen (secondary N) is 1. The predicted octanol–water partition coefficient (Wildman–Crippen LogP) is 2.28. The number of nitrogens with zero attached hydrogens (tertiary/aromatic N) is 3. The highest BCUT2D eigenvalue weighted by molar-refractivity contribution is 6.37. The number of imide groups is 1. The van der Waals surface area contributed by atoms with Crippen molar-refractivity contribution in [3.8, 4) is 0 Å². The second-order valence-electron chi connectivity index (χ2n) is 4.95. The molecule has 3 amide bonds. The van der Waals surface area contributed by atoms with Gasteiger partial charge in [0, 0.05) is 17.9 Å². The molecule has 1 aliphatic rings. The lowest BCUT2D eigenvalue weighted by Crippen LogP contribution is -2.28. The number of halogens is 2. The van der Waals surface area contributed by atoms with Gasteiger partial charge in [-0.2, -0.15) is 0 Å². The molecule has 124 valence electrons. The van der Waals surface area contributed by atoms with E-state index < -0.39 is 5.91 Å². The zero-order chi connectivity index (χ0) is 17.3. The number of carbonyl (C=O) groups is 3. The Morgan fingerprint density at radius 1 is 1.21 bits per heavy atom. The zero-order valence-corrected chi connectivity index (χ0v) is 13.6. The van der Waals surface area contributed by atoms with E-state index >= 15 is 0 Å². The summed E-state index contributed by atoms with van der Waals surface area (Å²) in [4.78, 5) is 36.2. The molecule has 1 aromatic carbocycles. The number of aromatic nitrogens is 2. The van der Waals surface area contributed by atoms with Crippen LogP contribution in [0.5, 0.6) is 0 Å². The Morgan fingerprint density at radius 3 is 2.58 bits per heavy atom. The monoisotopic (exact) mass is 368 g/mol. The van der Waals surface area contributed by atoms with E-state index in [1.807, 2.05) is 0 Å². The van der Waals surface area contributed by atoms with Crippen LogP contribution >= 0.6 is 23.2 Å². The van der Waals surface area contributed by atoms with Crippen molar-refractivity contribution in [2.45, 2.75) is 19.4 Å². The Bertz CT molecular complexity index is 820. The number of anilines is 1. The molecule has 0 radical (unpaired) electrons. The standard InChI is InChI=1S/C14H10Cl2N4O4/c15-7-1-2-8(9(16)5-7)13(23)17-14-19-18-10(24-14)6-20-11(21)3-4-12(20)22/h1-2,5H,3-4,6H2,(H,17,19,23). The fourth-order valence-electron chi connectivity index (χ4n) is 2.14. The van der Waals surface area contributed by atoms with E-state index in [0.29, 0.717) is 5.02 Å². The number of amides is 3. The van der Waals surface area contributed by atoms with Crippen LogP contribution in [0.2, 0.25) is 10.0 Å². The third-order valence-corrected chi connectivity index (χ3v) is 3.86. The van der Waals surface area contributed by atoms with Gasteiger partial charge in [0.1, 0.15) is 6.54 Å². The summed E-state index contributed by atoms with van der Waals surface area (Å²) in [5.74, 6) is -1.11. The van der Waals surface area contributed by atoms with Crippen LogP contribution in [0.15, 0.2) is 22.6 Å². The minimum Gasteiger partial charge on any atom is -0.406 e. The van der Waals surface area contributed by atoms with Gasteiger partial charge in [0.05, 0.1) is 10.6 Å². The lowest BCUT2D eigenvalue weighted by molar-refractivity contribution is -0.139. The van der Waals surface area contributed by atoms with Gasteiger partial charge in [0.15, 0.2) is 0 Å². The Morgan fingerprint density at radius 2 is 1.92 bits per heavy atom. The molecule has 2 aromatic rings. The molecular weight excluding hydrogens is 359 g/mol. The molecule has 1 fully saturated rings. The number of hydrogen-bond donors (Lipinski definition) is 1. The number of carbonyl (C=O) groups excluding carboxylic acids is 3. The minimum absolute atomic E-state index is 0.0381. The SMILES string of the molecule is O=C(Nc1nnc(CN2C(=O)CCC2=O)o1)c1ccc(Cl)cc1Cl. The summed E-state index contributed by atoms with van der Waals surface area (Å²) in [6.45, 7) is -0.123. The van der Waals surface area contributed by atoms with Gasteiger partial charge in [-0.05, 0) is 18.2 Å². The molecule has 0 atom stereocenters. The van der Waals surface area contributed by atoms with E-state index in [2.05, 4.69) is 15.5 Å². The smallest absolute Gasteiger partial charge is 0.322 e. The molecule has 0 bridgehead atoms. The van der Waals surface area contributed by atoms with Crippen molar-refractivity contribution >= 4 is 46.9 Å². The van der Waals surface area contributed by atoms with Gasteiger partial charge in [0.2, 0.25) is 17.7 Å². The van der Waals surface area contributed by atoms with E-state index in [-0.39, 0.29) is 53.7 Å². The molecule has 0 saturated carbocycles. The van der Waals surface area contributed by atoms with Gasteiger partial charge in [-0.3, -0.25) is 24.6 Å². The molecule has 1 saturated heterocycles. The molecule has 1 aromatic heterocycles. The average molecular weight is 369 g/mol. The highest BCUT2D eigenvalue weighted by Crippen LogP contribution is 2.22. The number of likely N-dealkylation sites (tertiary alicyclic amines) is 1. The van der Waals surface area contributed by atoms with Crippen LogP contribution in [0, 0.1) is 0 Å². The maximum absolute atomic E-state index is 12.1. The fraction of sp³-hybridized carbons (Fsp3) is 0.214. The first-order valence-electron chi connectivity index (χ1n) is 6.86. The first-order valence-corrected chi connectivity index (χ1v) is 7.61. The summed E-state index contributed by atoms with van der Waals surface area (Å²) < 4.78 is 5.23. The first-order chi connectivity index (χ1) is 11.4. The van der Waals surface area contributed by atoms with E-state index in [9.17, 15) is 14.4 Å². The van der Waals surface area contributed by atoms with Crippen LogP contribution in [0.4, 0.5) is 6.01 Å². The topological polar surface area (TPSA) is 105 Å². The van der Waals surface area contributed by atoms with Crippen molar-refractivity contribution < 1.29 is 18.8 Å². The van der Waals surface area contributed by atoms with Gasteiger partial charge in [-0.1, -0.05) is 28.3 Å². The minimum atomic E-state index is -0.555. The van der Waals surface area contributed by atoms with E-state index in [0.717, 1.165) is 4.90 Å². The molecule has 1 aliphatic heterocycles. The molecular formula is C14H10Cl2N4O4. The Hall–Kier alpha value is -2.45. The zero-order valence-electron chi connectivity index (χ0n) is 12.1. The van der Waals surface area contributed by atoms with Crippen LogP contribution < -0.4 is 5.32 Å². The largest absolute Gasteiger partial charge is 0.406 e. The van der Waals surface area contributed by atoms with Crippen molar-refractivity contribution in [1.29, 1.82) is 0 Å². The van der Waals surface area contributed by atoms with Crippen LogP contribution in [0.3, 0.4) is 0 Å². The first kappa shape index (κ1) is 16.4. The number of hydrogen-bond acceptors (Lipinski definition) is 6. The molecule has 1 N–H and O–H groups in total. The summed E-state index contributed by atoms with van der Waals surface area (Å²) in [6.07, 6.45) is 0.345. The van der Waals surface area contributed by atoms with Crippen molar-refractivity contribution in [3.63, 3.8) is 0 Å². The maximum Gasteiger partial charge on any atom is 0.322 e. The highest BCUT2D eigenvalue weighted by atomic mass is 35.5. The summed E-state index contributed by atoms with van der Waals surface area (Å²) >= 11 is 11.7. The van der Waals surface area contributed by atoms with Crippen LogP contribution in [-0.2, 0) is 16.1 Å². The molecule has 0 unspecified atom stereocenters. The van der Waals surface area contributed by atoms with Crippen molar-refractivity contribution in [1.82, 2.24) is 15.1 Å². The van der Waals surface area contributed by atoms with E-state index in [4.69, 9.17) is 27.6 Å². The van der Waals surface area contributed by atoms with Crippen molar-refractivity contribution in [2.24, 2.45) is 0 Å². The van der Waals surface area contributed by atoms with E-state index in [1.165, 1.54) is 18.2 Å². The van der Waals surface area contributed by atoms with Gasteiger partial charge in [-0.25, -0.2) is 0 Å². The van der Waals surface area contributed by atoms with Crippen molar-refractivity contribution in [3.05, 3.63) is 39.7 Å². The van der Waals surface area contributed by atoms with Gasteiger partial charge < -0.3 is 4.42 Å². The number of rotatable bonds is 4. The molecule has 10 heteroatoms. The van der Waals surface area contributed by atoms with Crippen LogP contribution in [0.25, 0.3) is 0 Å². The van der Waals surface area contributed by atoms with Crippen LogP contribution in [-0.4, -0.2) is 32.8 Å². The van der Waals surface area contributed by atoms with Gasteiger partial charge in [-0.15, -0.1) is 5.10 Å². The second kappa shape index (κ2) is 6.58. The molecule has 2 heterocycles. The highest BCUT2D eigenvalue weighted by Gasteiger charge is 2.30. The number of benzene rings is 1. The molecule has 0 spiro atoms. The second-order valence-corrected chi connectivity index (χ2v) is 5.80. The summed E-state index contributed by atoms with van der Waals surface area (Å²) in [6, 6.07) is 4.24. The van der Waals surface area contributed by atoms with Gasteiger partial charge in [0.25, 0.3) is 5.91 Å². The average Bonchev–Trinajstić information content (AvgIpc) is 3.09. The Labute approximate surface area is 145 Å². The van der Waals surface area contributed by atoms with Crippen molar-refractivity contribution in [2.75, 3.05) is 5.32 Å². The summed E-state index contributed by atoms with van der Waals surface area (Å²) in [5, 5.41) is 10.3. The molecule has 0 aliphatic carbocycles. The fourth-order valence-corrected chi connectivity index (χ4v) is 2.63. The quantitative estimate of drug-likeness (QED) is 0.829. The summed E-state index contributed by atoms with van der Waals surface area (Å²) in [5.41, 5.74) is 0.186. The molecule has 3 rings (SSSR count). The van der Waals surface area contributed by atoms with E-state index in [1.54, 1.807) is 0 Å². The predicted molar refractivity (Wildman–Crippen MR) is 83.5 cm³/mol. The third kappa shape index (κ3) is 3.39. The third-order valence-electron chi connectivity index (χ3n) is 3.31. The van der Waals surface area contributed by atoms with Gasteiger partial charge >= 0.3 is 6.01 Å². The Balaban J connectivity index is 1.68. The summed E-state index contributed by atoms with van der Waals surface area (Å²) in [7, 11) is 0. The molecule has 24 heavy (non-hydrogen) atoms. The lowest BCUT2D eigenvalue weighted by Gasteiger charge is -2.09. The Kier molecular flexibility index (Phi) is 4.50. The lowest BCUT2D eigenvalue weighted by atomic mass is 10.2. The molecule has 8 nitrogen and oxygen atoms in total. The maximum atomic E-state index is 12.1.